The first-order valence-corrected chi connectivity index (χ1v) is 8.31. The second-order valence-corrected chi connectivity index (χ2v) is 6.16. The largest absolute Gasteiger partial charge is 0.381 e. The van der Waals surface area contributed by atoms with Crippen molar-refractivity contribution in [2.24, 2.45) is 10.9 Å². The van der Waals surface area contributed by atoms with E-state index in [2.05, 4.69) is 33.1 Å². The van der Waals surface area contributed by atoms with E-state index in [1.807, 2.05) is 7.05 Å². The molecule has 0 aromatic carbocycles. The van der Waals surface area contributed by atoms with Crippen LogP contribution in [-0.4, -0.2) is 39.3 Å². The highest BCUT2D eigenvalue weighted by atomic mass is 32.1. The number of thiophene rings is 1. The van der Waals surface area contributed by atoms with Crippen LogP contribution in [-0.2, 0) is 11.2 Å². The smallest absolute Gasteiger partial charge is 0.190 e. The van der Waals surface area contributed by atoms with Crippen LogP contribution in [0, 0.1) is 5.92 Å². The molecule has 0 unspecified atom stereocenters. The summed E-state index contributed by atoms with van der Waals surface area (Å²) < 4.78 is 5.60. The predicted molar refractivity (Wildman–Crippen MR) is 85.5 cm³/mol. The molecule has 20 heavy (non-hydrogen) atoms. The van der Waals surface area contributed by atoms with Gasteiger partial charge in [-0.25, -0.2) is 0 Å². The minimum absolute atomic E-state index is 0.843. The van der Waals surface area contributed by atoms with Gasteiger partial charge in [0.05, 0.1) is 0 Å². The Morgan fingerprint density at radius 3 is 2.95 bits per heavy atom. The Bertz CT molecular complexity index is 388. The van der Waals surface area contributed by atoms with E-state index in [9.17, 15) is 0 Å². The standard InChI is InChI=1S/C15H25N3OS/c1-16-15(18-9-7-14-4-2-11-20-14)17-8-3-10-19-12-13-5-6-13/h2,4,11,13H,3,5-10,12H2,1H3,(H2,16,17,18). The number of aliphatic imine (C=N–C) groups is 1. The predicted octanol–water partition coefficient (Wildman–Crippen LogP) is 2.27. The lowest BCUT2D eigenvalue weighted by Gasteiger charge is -2.11. The zero-order valence-electron chi connectivity index (χ0n) is 12.2. The summed E-state index contributed by atoms with van der Waals surface area (Å²) in [6, 6.07) is 4.26. The molecule has 1 heterocycles. The second-order valence-electron chi connectivity index (χ2n) is 5.13. The summed E-state index contributed by atoms with van der Waals surface area (Å²) in [6.07, 6.45) is 4.79. The minimum Gasteiger partial charge on any atom is -0.381 e. The molecule has 1 aliphatic rings. The molecule has 1 aromatic rings. The molecule has 4 nitrogen and oxygen atoms in total. The van der Waals surface area contributed by atoms with Gasteiger partial charge in [0.25, 0.3) is 0 Å². The van der Waals surface area contributed by atoms with Crippen molar-refractivity contribution in [2.45, 2.75) is 25.7 Å². The average Bonchev–Trinajstić information content (AvgIpc) is 3.14. The molecular formula is C15H25N3OS. The van der Waals surface area contributed by atoms with Crippen molar-refractivity contribution in [3.8, 4) is 0 Å². The Morgan fingerprint density at radius 1 is 1.40 bits per heavy atom. The molecule has 0 bridgehead atoms. The quantitative estimate of drug-likeness (QED) is 0.417. The highest BCUT2D eigenvalue weighted by Gasteiger charge is 2.20. The van der Waals surface area contributed by atoms with Crippen molar-refractivity contribution in [1.29, 1.82) is 0 Å². The molecule has 2 rings (SSSR count). The Hall–Kier alpha value is -1.07. The van der Waals surface area contributed by atoms with Crippen LogP contribution in [0.5, 0.6) is 0 Å². The van der Waals surface area contributed by atoms with E-state index in [0.717, 1.165) is 51.0 Å². The number of nitrogens with one attached hydrogen (secondary N) is 2. The number of hydrogen-bond acceptors (Lipinski definition) is 3. The lowest BCUT2D eigenvalue weighted by molar-refractivity contribution is 0.123. The fourth-order valence-electron chi connectivity index (χ4n) is 1.90. The molecule has 0 radical (unpaired) electrons. The maximum Gasteiger partial charge on any atom is 0.190 e. The summed E-state index contributed by atoms with van der Waals surface area (Å²) in [5.74, 6) is 1.73. The second kappa shape index (κ2) is 8.97. The van der Waals surface area contributed by atoms with Crippen LogP contribution in [0.1, 0.15) is 24.1 Å². The normalized spacial score (nSPS) is 15.3. The van der Waals surface area contributed by atoms with Crippen LogP contribution in [0.15, 0.2) is 22.5 Å². The molecule has 0 atom stereocenters. The van der Waals surface area contributed by atoms with Gasteiger partial charge in [-0.3, -0.25) is 4.99 Å². The topological polar surface area (TPSA) is 45.7 Å². The molecule has 5 heteroatoms. The Balaban J connectivity index is 1.46. The molecule has 1 aromatic heterocycles. The fraction of sp³-hybridized carbons (Fsp3) is 0.667. The van der Waals surface area contributed by atoms with Gasteiger partial charge in [-0.1, -0.05) is 6.07 Å². The average molecular weight is 295 g/mol. The van der Waals surface area contributed by atoms with Crippen molar-refractivity contribution < 1.29 is 4.74 Å². The van der Waals surface area contributed by atoms with Crippen LogP contribution < -0.4 is 10.6 Å². The molecule has 0 spiro atoms. The van der Waals surface area contributed by atoms with Crippen molar-refractivity contribution >= 4 is 17.3 Å². The van der Waals surface area contributed by atoms with Crippen LogP contribution in [0.25, 0.3) is 0 Å². The van der Waals surface area contributed by atoms with Crippen LogP contribution in [0.3, 0.4) is 0 Å². The first kappa shape index (κ1) is 15.3. The number of rotatable bonds is 9. The van der Waals surface area contributed by atoms with Gasteiger partial charge in [-0.05, 0) is 43.0 Å². The molecule has 2 N–H and O–H groups in total. The summed E-state index contributed by atoms with van der Waals surface area (Å²) in [5.41, 5.74) is 0. The van der Waals surface area contributed by atoms with E-state index in [1.54, 1.807) is 11.3 Å². The van der Waals surface area contributed by atoms with Crippen molar-refractivity contribution in [3.05, 3.63) is 22.4 Å². The number of ether oxygens (including phenoxy) is 1. The van der Waals surface area contributed by atoms with Crippen LogP contribution in [0.2, 0.25) is 0 Å². The molecule has 1 aliphatic carbocycles. The number of nitrogens with zero attached hydrogens (tertiary/aromatic N) is 1. The lowest BCUT2D eigenvalue weighted by Crippen LogP contribution is -2.38. The zero-order valence-corrected chi connectivity index (χ0v) is 13.0. The van der Waals surface area contributed by atoms with Gasteiger partial charge >= 0.3 is 0 Å². The Kier molecular flexibility index (Phi) is 6.88. The molecule has 1 saturated carbocycles. The molecule has 0 saturated heterocycles. The number of guanidine groups is 1. The summed E-state index contributed by atoms with van der Waals surface area (Å²) in [4.78, 5) is 5.62. The summed E-state index contributed by atoms with van der Waals surface area (Å²) in [5, 5.41) is 8.76. The van der Waals surface area contributed by atoms with Gasteiger partial charge in [0, 0.05) is 38.2 Å². The third-order valence-corrected chi connectivity index (χ3v) is 4.21. The fourth-order valence-corrected chi connectivity index (χ4v) is 2.60. The van der Waals surface area contributed by atoms with E-state index >= 15 is 0 Å². The molecule has 0 aliphatic heterocycles. The van der Waals surface area contributed by atoms with Gasteiger partial charge in [0.2, 0.25) is 0 Å². The van der Waals surface area contributed by atoms with Gasteiger partial charge in [0.15, 0.2) is 5.96 Å². The SMILES string of the molecule is CN=C(NCCCOCC1CC1)NCCc1cccs1. The zero-order chi connectivity index (χ0) is 14.0. The third kappa shape index (κ3) is 6.39. The Labute approximate surface area is 125 Å². The molecule has 1 fully saturated rings. The van der Waals surface area contributed by atoms with E-state index < -0.39 is 0 Å². The first-order valence-electron chi connectivity index (χ1n) is 7.43. The van der Waals surface area contributed by atoms with E-state index in [0.29, 0.717) is 0 Å². The third-order valence-electron chi connectivity index (χ3n) is 3.28. The summed E-state index contributed by atoms with van der Waals surface area (Å²) >= 11 is 1.80. The van der Waals surface area contributed by atoms with Gasteiger partial charge in [0.1, 0.15) is 0 Å². The van der Waals surface area contributed by atoms with E-state index in [4.69, 9.17) is 4.74 Å². The van der Waals surface area contributed by atoms with Crippen LogP contribution in [0.4, 0.5) is 0 Å². The van der Waals surface area contributed by atoms with Crippen molar-refractivity contribution in [3.63, 3.8) is 0 Å². The maximum atomic E-state index is 5.60. The summed E-state index contributed by atoms with van der Waals surface area (Å²) in [6.45, 7) is 3.62. The van der Waals surface area contributed by atoms with E-state index in [1.165, 1.54) is 17.7 Å². The van der Waals surface area contributed by atoms with Crippen LogP contribution >= 0.6 is 11.3 Å². The van der Waals surface area contributed by atoms with E-state index in [-0.39, 0.29) is 0 Å². The molecule has 0 amide bonds. The lowest BCUT2D eigenvalue weighted by atomic mass is 10.3. The van der Waals surface area contributed by atoms with Crippen molar-refractivity contribution in [1.82, 2.24) is 10.6 Å². The van der Waals surface area contributed by atoms with Gasteiger partial charge in [-0.2, -0.15) is 0 Å². The Morgan fingerprint density at radius 2 is 2.25 bits per heavy atom. The molecule has 112 valence electrons. The highest BCUT2D eigenvalue weighted by molar-refractivity contribution is 7.09. The van der Waals surface area contributed by atoms with Crippen molar-refractivity contribution in [2.75, 3.05) is 33.4 Å². The summed E-state index contributed by atoms with van der Waals surface area (Å²) in [7, 11) is 1.81. The molecular weight excluding hydrogens is 270 g/mol. The first-order chi connectivity index (χ1) is 9.88. The monoisotopic (exact) mass is 295 g/mol. The maximum absolute atomic E-state index is 5.60. The van der Waals surface area contributed by atoms with Gasteiger partial charge in [-0.15, -0.1) is 11.3 Å². The number of hydrogen-bond donors (Lipinski definition) is 2. The minimum atomic E-state index is 0.843. The van der Waals surface area contributed by atoms with Gasteiger partial charge < -0.3 is 15.4 Å². The highest BCUT2D eigenvalue weighted by Crippen LogP contribution is 2.28.